The molecule has 0 radical (unpaired) electrons. The van der Waals surface area contributed by atoms with E-state index in [0.29, 0.717) is 19.5 Å². The number of para-hydroxylation sites is 1. The topological polar surface area (TPSA) is 38.1 Å². The average molecular weight is 313 g/mol. The summed E-state index contributed by atoms with van der Waals surface area (Å²) in [5, 5.41) is 4.26. The summed E-state index contributed by atoms with van der Waals surface area (Å²) in [5.74, 6) is 0.142. The molecule has 0 bridgehead atoms. The molecule has 0 aliphatic heterocycles. The Morgan fingerprint density at radius 3 is 2.91 bits per heavy atom. The maximum Gasteiger partial charge on any atom is 0.224 e. The van der Waals surface area contributed by atoms with Crippen LogP contribution in [0.2, 0.25) is 0 Å². The second-order valence-corrected chi connectivity index (χ2v) is 6.49. The third-order valence-corrected chi connectivity index (χ3v) is 4.56. The standard InChI is InChI=1S/C17H19N3OS/c1-13-18-15(12-22-13)11-19(2)17(21)8-10-20-9-7-14-5-3-4-6-16(14)20/h3-7,9,12H,8,10-11H2,1-2H3. The maximum absolute atomic E-state index is 12.3. The van der Waals surface area contributed by atoms with E-state index >= 15 is 0 Å². The molecule has 2 heterocycles. The summed E-state index contributed by atoms with van der Waals surface area (Å²) >= 11 is 1.62. The van der Waals surface area contributed by atoms with E-state index in [4.69, 9.17) is 0 Å². The van der Waals surface area contributed by atoms with E-state index in [9.17, 15) is 4.79 Å². The molecule has 114 valence electrons. The number of aromatic nitrogens is 2. The van der Waals surface area contributed by atoms with E-state index in [0.717, 1.165) is 10.7 Å². The number of carbonyl (C=O) groups excluding carboxylic acids is 1. The zero-order valence-corrected chi connectivity index (χ0v) is 13.6. The second kappa shape index (κ2) is 6.32. The van der Waals surface area contributed by atoms with Crippen molar-refractivity contribution in [2.45, 2.75) is 26.4 Å². The lowest BCUT2D eigenvalue weighted by Crippen LogP contribution is -2.27. The number of aryl methyl sites for hydroxylation is 2. The molecule has 0 atom stereocenters. The second-order valence-electron chi connectivity index (χ2n) is 5.43. The Morgan fingerprint density at radius 2 is 2.14 bits per heavy atom. The number of benzene rings is 1. The molecular weight excluding hydrogens is 294 g/mol. The van der Waals surface area contributed by atoms with Crippen LogP contribution in [0.4, 0.5) is 0 Å². The summed E-state index contributed by atoms with van der Waals surface area (Å²) in [7, 11) is 1.84. The molecule has 22 heavy (non-hydrogen) atoms. The Bertz CT molecular complexity index is 790. The van der Waals surface area contributed by atoms with Gasteiger partial charge in [0.05, 0.1) is 17.2 Å². The molecule has 0 fully saturated rings. The monoisotopic (exact) mass is 313 g/mol. The minimum atomic E-state index is 0.142. The quantitative estimate of drug-likeness (QED) is 0.723. The van der Waals surface area contributed by atoms with E-state index in [1.165, 1.54) is 10.9 Å². The van der Waals surface area contributed by atoms with Crippen LogP contribution in [-0.4, -0.2) is 27.4 Å². The molecule has 2 aromatic heterocycles. The Hall–Kier alpha value is -2.14. The predicted molar refractivity (Wildman–Crippen MR) is 89.9 cm³/mol. The number of carbonyl (C=O) groups is 1. The van der Waals surface area contributed by atoms with Crippen LogP contribution in [0.5, 0.6) is 0 Å². The van der Waals surface area contributed by atoms with Crippen molar-refractivity contribution in [3.8, 4) is 0 Å². The maximum atomic E-state index is 12.3. The van der Waals surface area contributed by atoms with Crippen LogP contribution >= 0.6 is 11.3 Å². The van der Waals surface area contributed by atoms with Crippen molar-refractivity contribution >= 4 is 28.1 Å². The Kier molecular flexibility index (Phi) is 4.24. The first-order valence-corrected chi connectivity index (χ1v) is 8.20. The molecule has 3 aromatic rings. The van der Waals surface area contributed by atoms with E-state index in [1.807, 2.05) is 37.7 Å². The normalized spacial score (nSPS) is 11.0. The first-order valence-electron chi connectivity index (χ1n) is 7.32. The Balaban J connectivity index is 1.59. The summed E-state index contributed by atoms with van der Waals surface area (Å²) < 4.78 is 2.13. The van der Waals surface area contributed by atoms with Crippen molar-refractivity contribution in [2.75, 3.05) is 7.05 Å². The molecule has 1 aromatic carbocycles. The molecule has 0 spiro atoms. The highest BCUT2D eigenvalue weighted by atomic mass is 32.1. The zero-order valence-electron chi connectivity index (χ0n) is 12.8. The average Bonchev–Trinajstić information content (AvgIpc) is 3.11. The minimum Gasteiger partial charge on any atom is -0.347 e. The van der Waals surface area contributed by atoms with Crippen LogP contribution in [0.15, 0.2) is 41.9 Å². The van der Waals surface area contributed by atoms with Gasteiger partial charge in [-0.1, -0.05) is 18.2 Å². The summed E-state index contributed by atoms with van der Waals surface area (Å²) in [6, 6.07) is 10.3. The van der Waals surface area contributed by atoms with Crippen LogP contribution in [0.3, 0.4) is 0 Å². The SMILES string of the molecule is Cc1nc(CN(C)C(=O)CCn2ccc3ccccc32)cs1. The molecule has 4 nitrogen and oxygen atoms in total. The van der Waals surface area contributed by atoms with E-state index in [2.05, 4.69) is 27.8 Å². The molecular formula is C17H19N3OS. The van der Waals surface area contributed by atoms with Crippen molar-refractivity contribution < 1.29 is 4.79 Å². The molecule has 0 saturated heterocycles. The number of rotatable bonds is 5. The van der Waals surface area contributed by atoms with Gasteiger partial charge in [-0.15, -0.1) is 11.3 Å². The van der Waals surface area contributed by atoms with Gasteiger partial charge in [-0.05, 0) is 24.4 Å². The van der Waals surface area contributed by atoms with Crippen LogP contribution in [0.1, 0.15) is 17.1 Å². The smallest absolute Gasteiger partial charge is 0.224 e. The fraction of sp³-hybridized carbons (Fsp3) is 0.294. The molecule has 0 aliphatic carbocycles. The third-order valence-electron chi connectivity index (χ3n) is 3.74. The molecule has 1 amide bonds. The molecule has 0 saturated carbocycles. The lowest BCUT2D eigenvalue weighted by atomic mass is 10.2. The van der Waals surface area contributed by atoms with Crippen molar-refractivity contribution in [3.05, 3.63) is 52.6 Å². The van der Waals surface area contributed by atoms with Crippen LogP contribution in [0, 0.1) is 6.92 Å². The summed E-state index contributed by atoms with van der Waals surface area (Å²) in [5.41, 5.74) is 2.14. The lowest BCUT2D eigenvalue weighted by Gasteiger charge is -2.16. The Morgan fingerprint density at radius 1 is 1.32 bits per heavy atom. The summed E-state index contributed by atoms with van der Waals surface area (Å²) in [6.07, 6.45) is 2.54. The number of amides is 1. The van der Waals surface area contributed by atoms with Crippen LogP contribution in [0.25, 0.3) is 10.9 Å². The van der Waals surface area contributed by atoms with Gasteiger partial charge in [0.2, 0.25) is 5.91 Å². The van der Waals surface area contributed by atoms with E-state index in [-0.39, 0.29) is 5.91 Å². The summed E-state index contributed by atoms with van der Waals surface area (Å²) in [4.78, 5) is 18.4. The molecule has 0 unspecified atom stereocenters. The van der Waals surface area contributed by atoms with Crippen molar-refractivity contribution in [1.29, 1.82) is 0 Å². The van der Waals surface area contributed by atoms with Gasteiger partial charge in [0.15, 0.2) is 0 Å². The van der Waals surface area contributed by atoms with Gasteiger partial charge in [-0.2, -0.15) is 0 Å². The van der Waals surface area contributed by atoms with Gasteiger partial charge in [0.1, 0.15) is 0 Å². The highest BCUT2D eigenvalue weighted by Crippen LogP contribution is 2.16. The van der Waals surface area contributed by atoms with Crippen LogP contribution in [-0.2, 0) is 17.9 Å². The molecule has 5 heteroatoms. The number of hydrogen-bond acceptors (Lipinski definition) is 3. The first kappa shape index (κ1) is 14.8. The number of thiazole rings is 1. The van der Waals surface area contributed by atoms with E-state index < -0.39 is 0 Å². The largest absolute Gasteiger partial charge is 0.347 e. The fourth-order valence-corrected chi connectivity index (χ4v) is 3.16. The Labute approximate surface area is 134 Å². The zero-order chi connectivity index (χ0) is 15.5. The van der Waals surface area contributed by atoms with Crippen molar-refractivity contribution in [2.24, 2.45) is 0 Å². The van der Waals surface area contributed by atoms with Crippen molar-refractivity contribution in [3.63, 3.8) is 0 Å². The molecule has 0 N–H and O–H groups in total. The van der Waals surface area contributed by atoms with Gasteiger partial charge >= 0.3 is 0 Å². The highest BCUT2D eigenvalue weighted by molar-refractivity contribution is 7.09. The fourth-order valence-electron chi connectivity index (χ4n) is 2.55. The van der Waals surface area contributed by atoms with E-state index in [1.54, 1.807) is 16.2 Å². The van der Waals surface area contributed by atoms with Gasteiger partial charge in [-0.3, -0.25) is 4.79 Å². The number of fused-ring (bicyclic) bond motifs is 1. The molecule has 0 aliphatic rings. The van der Waals surface area contributed by atoms with Crippen LogP contribution < -0.4 is 0 Å². The number of hydrogen-bond donors (Lipinski definition) is 0. The number of nitrogens with zero attached hydrogens (tertiary/aromatic N) is 3. The lowest BCUT2D eigenvalue weighted by molar-refractivity contribution is -0.130. The minimum absolute atomic E-state index is 0.142. The third kappa shape index (κ3) is 3.20. The predicted octanol–water partition coefficient (Wildman–Crippen LogP) is 3.45. The van der Waals surface area contributed by atoms with Gasteiger partial charge < -0.3 is 9.47 Å². The van der Waals surface area contributed by atoms with Crippen molar-refractivity contribution in [1.82, 2.24) is 14.5 Å². The summed E-state index contributed by atoms with van der Waals surface area (Å²) in [6.45, 7) is 3.26. The highest BCUT2D eigenvalue weighted by Gasteiger charge is 2.11. The van der Waals surface area contributed by atoms with Gasteiger partial charge in [0, 0.05) is 37.1 Å². The molecule has 3 rings (SSSR count). The van der Waals surface area contributed by atoms with Gasteiger partial charge in [-0.25, -0.2) is 4.98 Å². The first-order chi connectivity index (χ1) is 10.6. The van der Waals surface area contributed by atoms with Gasteiger partial charge in [0.25, 0.3) is 0 Å².